The van der Waals surface area contributed by atoms with Crippen molar-refractivity contribution >= 4 is 17.7 Å². The Morgan fingerprint density at radius 2 is 1.44 bits per heavy atom. The summed E-state index contributed by atoms with van der Waals surface area (Å²) < 4.78 is 5.37. The lowest BCUT2D eigenvalue weighted by atomic mass is 10.0. The van der Waals surface area contributed by atoms with Gasteiger partial charge in [0.25, 0.3) is 0 Å². The van der Waals surface area contributed by atoms with E-state index in [2.05, 4.69) is 0 Å². The zero-order valence-electron chi connectivity index (χ0n) is 13.8. The molecule has 0 spiro atoms. The molecule has 0 aliphatic heterocycles. The first kappa shape index (κ1) is 17.1. The number of hydrogen-bond acceptors (Lipinski definition) is 4. The molecular weight excluding hydrogens is 332 g/mol. The van der Waals surface area contributed by atoms with Crippen LogP contribution in [0.5, 0.6) is 5.75 Å². The molecule has 0 saturated carbocycles. The molecule has 0 bridgehead atoms. The van der Waals surface area contributed by atoms with Gasteiger partial charge in [0.05, 0.1) is 5.56 Å². The smallest absolute Gasteiger partial charge is 0.338 e. The molecule has 0 heterocycles. The molecule has 0 aromatic heterocycles. The lowest BCUT2D eigenvalue weighted by Gasteiger charge is -2.07. The van der Waals surface area contributed by atoms with Crippen LogP contribution in [0.3, 0.4) is 0 Å². The van der Waals surface area contributed by atoms with Crippen molar-refractivity contribution in [2.24, 2.45) is 0 Å². The SMILES string of the molecule is CSc1ccc(COC(=O)c2ccc(-c3ccc(O)cc3)cc2)cc1. The van der Waals surface area contributed by atoms with Crippen LogP contribution >= 0.6 is 11.8 Å². The molecule has 126 valence electrons. The van der Waals surface area contributed by atoms with Crippen molar-refractivity contribution in [3.63, 3.8) is 0 Å². The van der Waals surface area contributed by atoms with Crippen molar-refractivity contribution in [2.75, 3.05) is 6.26 Å². The predicted molar refractivity (Wildman–Crippen MR) is 101 cm³/mol. The number of rotatable bonds is 5. The van der Waals surface area contributed by atoms with Crippen molar-refractivity contribution < 1.29 is 14.6 Å². The van der Waals surface area contributed by atoms with Crippen LogP contribution in [0.15, 0.2) is 77.7 Å². The van der Waals surface area contributed by atoms with Gasteiger partial charge in [-0.15, -0.1) is 11.8 Å². The Bertz CT molecular complexity index is 838. The molecule has 0 saturated heterocycles. The molecule has 0 aliphatic rings. The van der Waals surface area contributed by atoms with Crippen LogP contribution in [0.4, 0.5) is 0 Å². The lowest BCUT2D eigenvalue weighted by Crippen LogP contribution is -2.05. The number of ether oxygens (including phenoxy) is 1. The van der Waals surface area contributed by atoms with Gasteiger partial charge in [0.15, 0.2) is 0 Å². The van der Waals surface area contributed by atoms with Gasteiger partial charge in [-0.05, 0) is 59.3 Å². The van der Waals surface area contributed by atoms with Gasteiger partial charge in [0, 0.05) is 4.90 Å². The van der Waals surface area contributed by atoms with E-state index in [-0.39, 0.29) is 18.3 Å². The summed E-state index contributed by atoms with van der Waals surface area (Å²) in [6.07, 6.45) is 2.02. The summed E-state index contributed by atoms with van der Waals surface area (Å²) in [5.74, 6) is -0.110. The van der Waals surface area contributed by atoms with Gasteiger partial charge < -0.3 is 9.84 Å². The van der Waals surface area contributed by atoms with Gasteiger partial charge in [0.2, 0.25) is 0 Å². The number of thioether (sulfide) groups is 1. The van der Waals surface area contributed by atoms with Crippen molar-refractivity contribution in [3.05, 3.63) is 83.9 Å². The topological polar surface area (TPSA) is 46.5 Å². The van der Waals surface area contributed by atoms with Gasteiger partial charge in [-0.3, -0.25) is 0 Å². The van der Waals surface area contributed by atoms with Gasteiger partial charge in [-0.1, -0.05) is 36.4 Å². The Morgan fingerprint density at radius 1 is 0.880 bits per heavy atom. The maximum Gasteiger partial charge on any atom is 0.338 e. The van der Waals surface area contributed by atoms with Crippen molar-refractivity contribution in [3.8, 4) is 16.9 Å². The average molecular weight is 350 g/mol. The Balaban J connectivity index is 1.63. The third-order valence-corrected chi connectivity index (χ3v) is 4.59. The van der Waals surface area contributed by atoms with Crippen LogP contribution in [0, 0.1) is 0 Å². The van der Waals surface area contributed by atoms with Crippen LogP contribution in [0.2, 0.25) is 0 Å². The van der Waals surface area contributed by atoms with Crippen LogP contribution in [-0.2, 0) is 11.3 Å². The maximum atomic E-state index is 12.2. The number of carbonyl (C=O) groups is 1. The summed E-state index contributed by atoms with van der Waals surface area (Å²) in [6, 6.07) is 22.2. The molecule has 0 aliphatic carbocycles. The zero-order chi connectivity index (χ0) is 17.6. The van der Waals surface area contributed by atoms with Crippen LogP contribution in [-0.4, -0.2) is 17.3 Å². The fraction of sp³-hybridized carbons (Fsp3) is 0.0952. The van der Waals surface area contributed by atoms with Gasteiger partial charge >= 0.3 is 5.97 Å². The standard InChI is InChI=1S/C21H18O3S/c1-25-20-12-2-15(3-13-20)14-24-21(23)18-6-4-16(5-7-18)17-8-10-19(22)11-9-17/h2-13,22H,14H2,1H3. The number of esters is 1. The third-order valence-electron chi connectivity index (χ3n) is 3.85. The quantitative estimate of drug-likeness (QED) is 0.511. The number of carbonyl (C=O) groups excluding carboxylic acids is 1. The summed E-state index contributed by atoms with van der Waals surface area (Å²) in [6.45, 7) is 0.257. The molecular formula is C21H18O3S. The monoisotopic (exact) mass is 350 g/mol. The van der Waals surface area contributed by atoms with Crippen molar-refractivity contribution in [1.82, 2.24) is 0 Å². The summed E-state index contributed by atoms with van der Waals surface area (Å²) in [4.78, 5) is 13.4. The molecule has 1 N–H and O–H groups in total. The maximum absolute atomic E-state index is 12.2. The minimum Gasteiger partial charge on any atom is -0.508 e. The van der Waals surface area contributed by atoms with E-state index in [1.54, 1.807) is 36.0 Å². The highest BCUT2D eigenvalue weighted by Crippen LogP contribution is 2.22. The van der Waals surface area contributed by atoms with Crippen molar-refractivity contribution in [2.45, 2.75) is 11.5 Å². The average Bonchev–Trinajstić information content (AvgIpc) is 2.67. The molecule has 4 heteroatoms. The zero-order valence-corrected chi connectivity index (χ0v) is 14.6. The summed E-state index contributed by atoms with van der Waals surface area (Å²) in [5.41, 5.74) is 3.44. The number of hydrogen-bond donors (Lipinski definition) is 1. The predicted octanol–water partition coefficient (Wildman–Crippen LogP) is 5.14. The van der Waals surface area contributed by atoms with Gasteiger partial charge in [0.1, 0.15) is 12.4 Å². The van der Waals surface area contributed by atoms with Gasteiger partial charge in [-0.2, -0.15) is 0 Å². The highest BCUT2D eigenvalue weighted by molar-refractivity contribution is 7.98. The van der Waals surface area contributed by atoms with Crippen molar-refractivity contribution in [1.29, 1.82) is 0 Å². The fourth-order valence-corrected chi connectivity index (χ4v) is 2.81. The molecule has 3 nitrogen and oxygen atoms in total. The number of benzene rings is 3. The molecule has 0 radical (unpaired) electrons. The van der Waals surface area contributed by atoms with Crippen LogP contribution in [0.1, 0.15) is 15.9 Å². The Morgan fingerprint density at radius 3 is 2.00 bits per heavy atom. The lowest BCUT2D eigenvalue weighted by molar-refractivity contribution is 0.0472. The van der Waals surface area contributed by atoms with E-state index in [9.17, 15) is 9.90 Å². The Hall–Kier alpha value is -2.72. The van der Waals surface area contributed by atoms with Crippen LogP contribution in [0.25, 0.3) is 11.1 Å². The Kier molecular flexibility index (Phi) is 5.41. The highest BCUT2D eigenvalue weighted by Gasteiger charge is 2.08. The summed E-state index contributed by atoms with van der Waals surface area (Å²) in [5, 5.41) is 9.34. The number of phenolic OH excluding ortho intramolecular Hbond substituents is 1. The first-order chi connectivity index (χ1) is 12.2. The van der Waals surface area contributed by atoms with E-state index in [0.29, 0.717) is 5.56 Å². The normalized spacial score (nSPS) is 10.4. The van der Waals surface area contributed by atoms with E-state index in [1.807, 2.05) is 54.8 Å². The minimum absolute atomic E-state index is 0.231. The Labute approximate surface area is 151 Å². The summed E-state index contributed by atoms with van der Waals surface area (Å²) in [7, 11) is 0. The summed E-state index contributed by atoms with van der Waals surface area (Å²) >= 11 is 1.68. The van der Waals surface area contributed by atoms with E-state index in [4.69, 9.17) is 4.74 Å². The second kappa shape index (κ2) is 7.90. The highest BCUT2D eigenvalue weighted by atomic mass is 32.2. The fourth-order valence-electron chi connectivity index (χ4n) is 2.41. The van der Waals surface area contributed by atoms with Gasteiger partial charge in [-0.25, -0.2) is 4.79 Å². The second-order valence-corrected chi connectivity index (χ2v) is 6.43. The molecule has 3 aromatic rings. The third kappa shape index (κ3) is 4.43. The molecule has 3 aromatic carbocycles. The minimum atomic E-state index is -0.341. The molecule has 25 heavy (non-hydrogen) atoms. The first-order valence-electron chi connectivity index (χ1n) is 7.85. The second-order valence-electron chi connectivity index (χ2n) is 5.55. The number of phenols is 1. The molecule has 3 rings (SSSR count). The first-order valence-corrected chi connectivity index (χ1v) is 9.08. The molecule has 0 fully saturated rings. The number of aromatic hydroxyl groups is 1. The van der Waals surface area contributed by atoms with E-state index < -0.39 is 0 Å². The van der Waals surface area contributed by atoms with E-state index >= 15 is 0 Å². The largest absolute Gasteiger partial charge is 0.508 e. The van der Waals surface area contributed by atoms with E-state index in [1.165, 1.54) is 4.90 Å². The molecule has 0 unspecified atom stereocenters. The van der Waals surface area contributed by atoms with E-state index in [0.717, 1.165) is 16.7 Å². The molecule has 0 amide bonds. The molecule has 0 atom stereocenters. The van der Waals surface area contributed by atoms with Crippen LogP contribution < -0.4 is 0 Å².